The summed E-state index contributed by atoms with van der Waals surface area (Å²) in [6, 6.07) is 1.78. The fourth-order valence-corrected chi connectivity index (χ4v) is 1.40. The number of halogens is 1. The minimum Gasteiger partial charge on any atom is -0.389 e. The van der Waals surface area contributed by atoms with Gasteiger partial charge in [-0.25, -0.2) is 9.97 Å². The molecule has 4 nitrogen and oxygen atoms in total. The van der Waals surface area contributed by atoms with E-state index < -0.39 is 5.60 Å². The van der Waals surface area contributed by atoms with Gasteiger partial charge in [-0.05, 0) is 36.7 Å². The van der Waals surface area contributed by atoms with Crippen molar-refractivity contribution in [1.29, 1.82) is 0 Å². The number of aromatic nitrogens is 2. The zero-order valence-corrected chi connectivity index (χ0v) is 10.1. The molecule has 0 saturated carbocycles. The van der Waals surface area contributed by atoms with E-state index in [-0.39, 0.29) is 0 Å². The normalized spacial score (nSPS) is 11.5. The van der Waals surface area contributed by atoms with E-state index in [1.54, 1.807) is 19.9 Å². The number of anilines is 1. The fourth-order valence-electron chi connectivity index (χ4n) is 0.929. The summed E-state index contributed by atoms with van der Waals surface area (Å²) < 4.78 is 0.739. The van der Waals surface area contributed by atoms with Crippen LogP contribution in [0.1, 0.15) is 19.7 Å². The van der Waals surface area contributed by atoms with E-state index in [1.165, 1.54) is 0 Å². The molecule has 1 aromatic rings. The van der Waals surface area contributed by atoms with E-state index in [1.807, 2.05) is 6.92 Å². The lowest BCUT2D eigenvalue weighted by Crippen LogP contribution is -2.29. The molecule has 78 valence electrons. The molecule has 0 aliphatic heterocycles. The summed E-state index contributed by atoms with van der Waals surface area (Å²) in [6.45, 7) is 5.75. The molecule has 0 unspecified atom stereocenters. The van der Waals surface area contributed by atoms with E-state index in [9.17, 15) is 5.11 Å². The van der Waals surface area contributed by atoms with Crippen LogP contribution < -0.4 is 5.32 Å². The topological polar surface area (TPSA) is 58.0 Å². The monoisotopic (exact) mass is 259 g/mol. The lowest BCUT2D eigenvalue weighted by molar-refractivity contribution is 0.0944. The van der Waals surface area contributed by atoms with Gasteiger partial charge in [0.2, 0.25) is 0 Å². The SMILES string of the molecule is Cc1nc(Br)cc(NCC(C)(C)O)n1. The molecule has 0 spiro atoms. The lowest BCUT2D eigenvalue weighted by atomic mass is 10.1. The Morgan fingerprint density at radius 2 is 2.14 bits per heavy atom. The van der Waals surface area contributed by atoms with Gasteiger partial charge in [-0.1, -0.05) is 0 Å². The lowest BCUT2D eigenvalue weighted by Gasteiger charge is -2.18. The van der Waals surface area contributed by atoms with Crippen LogP contribution in [0.25, 0.3) is 0 Å². The molecule has 0 fully saturated rings. The van der Waals surface area contributed by atoms with E-state index >= 15 is 0 Å². The Morgan fingerprint density at radius 1 is 1.50 bits per heavy atom. The fraction of sp³-hybridized carbons (Fsp3) is 0.556. The zero-order chi connectivity index (χ0) is 10.8. The van der Waals surface area contributed by atoms with Crippen molar-refractivity contribution in [3.05, 3.63) is 16.5 Å². The Labute approximate surface area is 91.9 Å². The third-order valence-electron chi connectivity index (χ3n) is 1.51. The highest BCUT2D eigenvalue weighted by molar-refractivity contribution is 9.10. The van der Waals surface area contributed by atoms with Crippen LogP contribution in [0.5, 0.6) is 0 Å². The molecule has 14 heavy (non-hydrogen) atoms. The largest absolute Gasteiger partial charge is 0.389 e. The van der Waals surface area contributed by atoms with E-state index in [0.29, 0.717) is 18.2 Å². The van der Waals surface area contributed by atoms with Crippen molar-refractivity contribution < 1.29 is 5.11 Å². The van der Waals surface area contributed by atoms with Crippen molar-refractivity contribution in [3.63, 3.8) is 0 Å². The van der Waals surface area contributed by atoms with Crippen molar-refractivity contribution in [2.45, 2.75) is 26.4 Å². The Bertz CT molecular complexity index is 302. The van der Waals surface area contributed by atoms with Crippen LogP contribution in [-0.2, 0) is 0 Å². The van der Waals surface area contributed by atoms with Gasteiger partial charge in [-0.15, -0.1) is 0 Å². The summed E-state index contributed by atoms with van der Waals surface area (Å²) in [6.07, 6.45) is 0. The van der Waals surface area contributed by atoms with E-state index in [4.69, 9.17) is 0 Å². The summed E-state index contributed by atoms with van der Waals surface area (Å²) in [5.41, 5.74) is -0.745. The molecule has 1 heterocycles. The first-order chi connectivity index (χ1) is 6.37. The van der Waals surface area contributed by atoms with Gasteiger partial charge in [0, 0.05) is 12.6 Å². The van der Waals surface area contributed by atoms with Crippen LogP contribution in [0.4, 0.5) is 5.82 Å². The van der Waals surface area contributed by atoms with E-state index in [2.05, 4.69) is 31.2 Å². The molecule has 5 heteroatoms. The van der Waals surface area contributed by atoms with Gasteiger partial charge in [-0.2, -0.15) is 0 Å². The van der Waals surface area contributed by atoms with Crippen molar-refractivity contribution in [2.75, 3.05) is 11.9 Å². The summed E-state index contributed by atoms with van der Waals surface area (Å²) in [5.74, 6) is 1.41. The minimum atomic E-state index is -0.745. The number of nitrogens with one attached hydrogen (secondary N) is 1. The Morgan fingerprint density at radius 3 is 2.64 bits per heavy atom. The van der Waals surface area contributed by atoms with Gasteiger partial charge in [-0.3, -0.25) is 0 Å². The molecule has 0 radical (unpaired) electrons. The highest BCUT2D eigenvalue weighted by Crippen LogP contribution is 2.12. The predicted molar refractivity (Wildman–Crippen MR) is 59.3 cm³/mol. The standard InChI is InChI=1S/C9H14BrN3O/c1-6-12-7(10)4-8(13-6)11-5-9(2,3)14/h4,14H,5H2,1-3H3,(H,11,12,13). The van der Waals surface area contributed by atoms with Crippen LogP contribution in [-0.4, -0.2) is 27.2 Å². The second-order valence-corrected chi connectivity index (χ2v) is 4.60. The average molecular weight is 260 g/mol. The molecule has 1 aromatic heterocycles. The van der Waals surface area contributed by atoms with Gasteiger partial charge in [0.1, 0.15) is 16.2 Å². The van der Waals surface area contributed by atoms with Crippen molar-refractivity contribution >= 4 is 21.7 Å². The summed E-state index contributed by atoms with van der Waals surface area (Å²) in [4.78, 5) is 8.26. The number of aliphatic hydroxyl groups is 1. The summed E-state index contributed by atoms with van der Waals surface area (Å²) in [5, 5.41) is 12.5. The van der Waals surface area contributed by atoms with Gasteiger partial charge in [0.15, 0.2) is 0 Å². The highest BCUT2D eigenvalue weighted by atomic mass is 79.9. The Hall–Kier alpha value is -0.680. The van der Waals surface area contributed by atoms with Crippen molar-refractivity contribution in [2.24, 2.45) is 0 Å². The first-order valence-electron chi connectivity index (χ1n) is 4.34. The van der Waals surface area contributed by atoms with E-state index in [0.717, 1.165) is 4.60 Å². The molecular weight excluding hydrogens is 246 g/mol. The summed E-state index contributed by atoms with van der Waals surface area (Å²) in [7, 11) is 0. The maximum Gasteiger partial charge on any atom is 0.130 e. The quantitative estimate of drug-likeness (QED) is 0.812. The molecule has 0 aliphatic rings. The number of hydrogen-bond acceptors (Lipinski definition) is 4. The molecule has 0 aliphatic carbocycles. The number of hydrogen-bond donors (Lipinski definition) is 2. The molecule has 0 aromatic carbocycles. The Kier molecular flexibility index (Phi) is 3.44. The molecule has 0 amide bonds. The molecule has 2 N–H and O–H groups in total. The number of aryl methyl sites for hydroxylation is 1. The van der Waals surface area contributed by atoms with Crippen LogP contribution in [0.15, 0.2) is 10.7 Å². The molecular formula is C9H14BrN3O. The Balaban J connectivity index is 2.68. The molecule has 0 bridgehead atoms. The molecule has 1 rings (SSSR count). The van der Waals surface area contributed by atoms with Crippen LogP contribution in [0.2, 0.25) is 0 Å². The van der Waals surface area contributed by atoms with Crippen LogP contribution in [0.3, 0.4) is 0 Å². The molecule has 0 saturated heterocycles. The van der Waals surface area contributed by atoms with Crippen LogP contribution in [0, 0.1) is 6.92 Å². The molecule has 0 atom stereocenters. The van der Waals surface area contributed by atoms with Gasteiger partial charge < -0.3 is 10.4 Å². The smallest absolute Gasteiger partial charge is 0.130 e. The van der Waals surface area contributed by atoms with Gasteiger partial charge in [0.25, 0.3) is 0 Å². The zero-order valence-electron chi connectivity index (χ0n) is 8.50. The minimum absolute atomic E-state index is 0.454. The average Bonchev–Trinajstić information content (AvgIpc) is 1.97. The first-order valence-corrected chi connectivity index (χ1v) is 5.13. The third kappa shape index (κ3) is 4.02. The van der Waals surface area contributed by atoms with Crippen molar-refractivity contribution in [3.8, 4) is 0 Å². The second kappa shape index (κ2) is 4.23. The highest BCUT2D eigenvalue weighted by Gasteiger charge is 2.12. The van der Waals surface area contributed by atoms with Gasteiger partial charge in [0.05, 0.1) is 5.60 Å². The maximum absolute atomic E-state index is 9.50. The first kappa shape index (κ1) is 11.4. The maximum atomic E-state index is 9.50. The van der Waals surface area contributed by atoms with Crippen molar-refractivity contribution in [1.82, 2.24) is 9.97 Å². The number of nitrogens with zero attached hydrogens (tertiary/aromatic N) is 2. The number of rotatable bonds is 3. The van der Waals surface area contributed by atoms with Crippen LogP contribution >= 0.6 is 15.9 Å². The van der Waals surface area contributed by atoms with Gasteiger partial charge >= 0.3 is 0 Å². The second-order valence-electron chi connectivity index (χ2n) is 3.79. The third-order valence-corrected chi connectivity index (χ3v) is 1.92. The summed E-state index contributed by atoms with van der Waals surface area (Å²) >= 11 is 3.28. The predicted octanol–water partition coefficient (Wildman–Crippen LogP) is 1.73.